The minimum absolute atomic E-state index is 0. The summed E-state index contributed by atoms with van der Waals surface area (Å²) in [5.74, 6) is -5.41. The molecule has 20 nitrogen and oxygen atoms in total. The number of hydrogen-bond acceptors (Lipinski definition) is 15. The highest BCUT2D eigenvalue weighted by atomic mass is 16.6. The third-order valence-electron chi connectivity index (χ3n) is 11.5. The van der Waals surface area contributed by atoms with E-state index in [4.69, 9.17) is 35.2 Å². The zero-order valence-electron chi connectivity index (χ0n) is 34.9. The number of piperazine rings is 1. The van der Waals surface area contributed by atoms with E-state index in [1.54, 1.807) is 43.0 Å². The van der Waals surface area contributed by atoms with Crippen LogP contribution in [0.3, 0.4) is 0 Å². The summed E-state index contributed by atoms with van der Waals surface area (Å²) in [6.07, 6.45) is -2.57. The van der Waals surface area contributed by atoms with Crippen molar-refractivity contribution in [1.29, 1.82) is 0 Å². The van der Waals surface area contributed by atoms with E-state index in [1.807, 2.05) is 0 Å². The van der Waals surface area contributed by atoms with Gasteiger partial charge >= 0.3 is 12.2 Å². The van der Waals surface area contributed by atoms with Crippen LogP contribution in [0.1, 0.15) is 59.1 Å². The Labute approximate surface area is 358 Å². The van der Waals surface area contributed by atoms with Gasteiger partial charge in [0.05, 0.1) is 43.3 Å². The SMILES string of the molecule is C.COCCOCC(=O)C[C@H](C)C(=O)N[C@H](C)C(=O)N[C@H](CC(N)=O)C(=O)Cc1ccc(COC(=O)N2[C@@H]3CN4C5=C(C(=O)C(C)=C(C)C5=O)[C@H](COC(N)=O)[C@]4(OC)[C@@H]32)cc1. The monoisotopic (exact) mass is 868 g/mol. The lowest BCUT2D eigenvalue weighted by Gasteiger charge is -2.40. The van der Waals surface area contributed by atoms with Crippen LogP contribution in [0.2, 0.25) is 0 Å². The summed E-state index contributed by atoms with van der Waals surface area (Å²) < 4.78 is 26.9. The number of allylic oxidation sites excluding steroid dienone is 2. The van der Waals surface area contributed by atoms with E-state index in [1.165, 1.54) is 33.0 Å². The molecule has 4 aliphatic rings. The lowest BCUT2D eigenvalue weighted by atomic mass is 9.81. The van der Waals surface area contributed by atoms with E-state index in [2.05, 4.69) is 10.6 Å². The van der Waals surface area contributed by atoms with Gasteiger partial charge in [0.1, 0.15) is 31.9 Å². The van der Waals surface area contributed by atoms with Crippen molar-refractivity contribution in [2.24, 2.45) is 23.3 Å². The largest absolute Gasteiger partial charge is 0.449 e. The Morgan fingerprint density at radius 3 is 2.13 bits per heavy atom. The van der Waals surface area contributed by atoms with Gasteiger partial charge in [0, 0.05) is 56.2 Å². The summed E-state index contributed by atoms with van der Waals surface area (Å²) >= 11 is 0. The molecule has 5 rings (SSSR count). The number of fused-ring (bicyclic) bond motifs is 4. The molecule has 0 radical (unpaired) electrons. The van der Waals surface area contributed by atoms with Gasteiger partial charge in [-0.05, 0) is 31.9 Å². The third-order valence-corrected chi connectivity index (χ3v) is 11.5. The van der Waals surface area contributed by atoms with Crippen molar-refractivity contribution in [2.75, 3.05) is 47.2 Å². The number of carbonyl (C=O) groups is 9. The number of rotatable bonds is 21. The Morgan fingerprint density at radius 1 is 0.871 bits per heavy atom. The molecule has 6 N–H and O–H groups in total. The molecule has 2 saturated heterocycles. The molecule has 1 aliphatic carbocycles. The van der Waals surface area contributed by atoms with Gasteiger partial charge < -0.3 is 50.7 Å². The van der Waals surface area contributed by atoms with Crippen LogP contribution >= 0.6 is 0 Å². The highest BCUT2D eigenvalue weighted by Gasteiger charge is 2.78. The van der Waals surface area contributed by atoms with Crippen molar-refractivity contribution in [1.82, 2.24) is 20.4 Å². The van der Waals surface area contributed by atoms with Gasteiger partial charge in [-0.15, -0.1) is 0 Å². The minimum Gasteiger partial charge on any atom is -0.449 e. The number of amides is 5. The number of Topliss-reactive ketones (excluding diaryl/α,β-unsaturated/α-hetero) is 4. The van der Waals surface area contributed by atoms with E-state index in [9.17, 15) is 43.2 Å². The third kappa shape index (κ3) is 10.0. The van der Waals surface area contributed by atoms with E-state index in [0.717, 1.165) is 0 Å². The number of carbonyl (C=O) groups excluding carboxylic acids is 9. The summed E-state index contributed by atoms with van der Waals surface area (Å²) in [7, 11) is 2.89. The first-order valence-electron chi connectivity index (χ1n) is 19.7. The average Bonchev–Trinajstić information content (AvgIpc) is 3.73. The Hall–Kier alpha value is -5.99. The van der Waals surface area contributed by atoms with Crippen LogP contribution in [-0.2, 0) is 70.3 Å². The Kier molecular flexibility index (Phi) is 15.9. The molecule has 62 heavy (non-hydrogen) atoms. The highest BCUT2D eigenvalue weighted by molar-refractivity contribution is 6.25. The van der Waals surface area contributed by atoms with Gasteiger partial charge in [-0.2, -0.15) is 0 Å². The number of ketones is 4. The van der Waals surface area contributed by atoms with E-state index >= 15 is 0 Å². The van der Waals surface area contributed by atoms with Crippen LogP contribution in [0.5, 0.6) is 0 Å². The zero-order valence-corrected chi connectivity index (χ0v) is 34.9. The fourth-order valence-electron chi connectivity index (χ4n) is 8.11. The molecular formula is C42H56N6O14. The lowest BCUT2D eigenvalue weighted by molar-refractivity contribution is -0.144. The fourth-order valence-corrected chi connectivity index (χ4v) is 8.11. The quantitative estimate of drug-likeness (QED) is 0.0738. The topological polar surface area (TPSA) is 282 Å². The van der Waals surface area contributed by atoms with Crippen molar-refractivity contribution >= 4 is 53.0 Å². The molecule has 20 heteroatoms. The van der Waals surface area contributed by atoms with Crippen LogP contribution in [0.4, 0.5) is 9.59 Å². The Bertz CT molecular complexity index is 2050. The van der Waals surface area contributed by atoms with Gasteiger partial charge in [0.25, 0.3) is 0 Å². The number of benzene rings is 1. The van der Waals surface area contributed by atoms with Crippen molar-refractivity contribution < 1.29 is 66.8 Å². The highest BCUT2D eigenvalue weighted by Crippen LogP contribution is 2.60. The van der Waals surface area contributed by atoms with Gasteiger partial charge in [-0.1, -0.05) is 38.6 Å². The first kappa shape index (κ1) is 48.7. The van der Waals surface area contributed by atoms with Gasteiger partial charge in [0.15, 0.2) is 23.1 Å². The molecule has 1 aromatic rings. The smallest absolute Gasteiger partial charge is 0.410 e. The molecular weight excluding hydrogens is 812 g/mol. The molecule has 0 spiro atoms. The molecule has 0 saturated carbocycles. The molecule has 1 aromatic carbocycles. The molecule has 3 heterocycles. The molecule has 0 unspecified atom stereocenters. The average molecular weight is 869 g/mol. The number of nitrogens with two attached hydrogens (primary N) is 2. The molecule has 7 atom stereocenters. The van der Waals surface area contributed by atoms with Gasteiger partial charge in [-0.3, -0.25) is 38.5 Å². The summed E-state index contributed by atoms with van der Waals surface area (Å²) in [6.45, 7) is 6.02. The summed E-state index contributed by atoms with van der Waals surface area (Å²) in [4.78, 5) is 118. The predicted octanol–water partition coefficient (Wildman–Crippen LogP) is 0.373. The van der Waals surface area contributed by atoms with Gasteiger partial charge in [-0.25, -0.2) is 9.59 Å². The molecule has 0 bridgehead atoms. The van der Waals surface area contributed by atoms with Crippen LogP contribution in [0.15, 0.2) is 46.7 Å². The fraction of sp³-hybridized carbons (Fsp3) is 0.548. The second kappa shape index (κ2) is 20.3. The molecule has 338 valence electrons. The zero-order chi connectivity index (χ0) is 44.9. The van der Waals surface area contributed by atoms with E-state index < -0.39 is 83.8 Å². The second-order valence-corrected chi connectivity index (χ2v) is 15.5. The normalized spacial score (nSPS) is 22.4. The van der Waals surface area contributed by atoms with Crippen LogP contribution in [0.25, 0.3) is 0 Å². The lowest BCUT2D eigenvalue weighted by Crippen LogP contribution is -2.56. The van der Waals surface area contributed by atoms with Crippen LogP contribution in [0, 0.1) is 11.8 Å². The predicted molar refractivity (Wildman–Crippen MR) is 217 cm³/mol. The number of methoxy groups -OCH3 is 2. The number of primary amides is 2. The van der Waals surface area contributed by atoms with Crippen LogP contribution in [-0.4, -0.2) is 140 Å². The number of nitrogens with zero attached hydrogens (tertiary/aromatic N) is 2. The van der Waals surface area contributed by atoms with Crippen molar-refractivity contribution in [3.05, 3.63) is 57.8 Å². The molecule has 5 amide bonds. The maximum absolute atomic E-state index is 13.5. The summed E-state index contributed by atoms with van der Waals surface area (Å²) in [6, 6.07) is 3.00. The summed E-state index contributed by atoms with van der Waals surface area (Å²) in [5.41, 5.74) is 11.2. The standard InChI is InChI=1S/C41H52N6O14.CH4/c1-20(13-26(48)18-59-12-11-57-5)37(53)44-23(4)38(54)45-28(15-31(42)50)30(49)14-24-7-9-25(10-8-24)17-61-40(56)47-29-16-46-33-32(34(51)21(2)22(3)35(33)52)27(19-60-39(43)55)41(46,58-6)36(29)47;/h7-10,20,23,27-29,36H,11-19H2,1-6H3,(H2,42,50)(H2,43,55)(H,44,53)(H,45,54);1H4/t20-,23+,27-,28+,29+,36+,41-,47?;/m0./s1. The van der Waals surface area contributed by atoms with Crippen LogP contribution < -0.4 is 22.1 Å². The number of nitrogens with one attached hydrogen (secondary N) is 2. The first-order chi connectivity index (χ1) is 28.9. The number of ether oxygens (including phenoxy) is 5. The Balaban J connectivity index is 0.00000845. The molecule has 3 aliphatic heterocycles. The minimum atomic E-state index is -1.41. The molecule has 2 fully saturated rings. The maximum Gasteiger partial charge on any atom is 0.410 e. The number of hydrogen-bond donors (Lipinski definition) is 4. The van der Waals surface area contributed by atoms with Gasteiger partial charge in [0.2, 0.25) is 23.5 Å². The Morgan fingerprint density at radius 2 is 1.52 bits per heavy atom. The van der Waals surface area contributed by atoms with E-state index in [0.29, 0.717) is 23.3 Å². The van der Waals surface area contributed by atoms with E-state index in [-0.39, 0.29) is 87.4 Å². The summed E-state index contributed by atoms with van der Waals surface area (Å²) in [5, 5.41) is 5.00. The van der Waals surface area contributed by atoms with Crippen molar-refractivity contribution in [3.63, 3.8) is 0 Å². The maximum atomic E-state index is 13.5. The molecule has 0 aromatic heterocycles. The van der Waals surface area contributed by atoms with Crippen molar-refractivity contribution in [3.8, 4) is 0 Å². The second-order valence-electron chi connectivity index (χ2n) is 15.5. The van der Waals surface area contributed by atoms with Crippen molar-refractivity contribution in [2.45, 2.75) is 90.9 Å². The first-order valence-corrected chi connectivity index (χ1v) is 19.7.